The van der Waals surface area contributed by atoms with Crippen molar-refractivity contribution in [3.63, 3.8) is 0 Å². The van der Waals surface area contributed by atoms with Gasteiger partial charge in [0.1, 0.15) is 0 Å². The Bertz CT molecular complexity index is 596. The Morgan fingerprint density at radius 2 is 1.44 bits per heavy atom. The van der Waals surface area contributed by atoms with Crippen LogP contribution in [-0.4, -0.2) is 5.11 Å². The Balaban J connectivity index is 2.65. The zero-order valence-corrected chi connectivity index (χ0v) is 12.1. The highest BCUT2D eigenvalue weighted by Gasteiger charge is 2.11. The molecular weight excluding hydrogens is 314 g/mol. The van der Waals surface area contributed by atoms with Gasteiger partial charge in [-0.25, -0.2) is 0 Å². The van der Waals surface area contributed by atoms with Crippen molar-refractivity contribution in [1.29, 1.82) is 0 Å². The molecule has 0 radical (unpaired) electrons. The van der Waals surface area contributed by atoms with Crippen LogP contribution in [0.2, 0.25) is 20.1 Å². The minimum atomic E-state index is -0.132. The highest BCUT2D eigenvalue weighted by atomic mass is 35.5. The van der Waals surface area contributed by atoms with Crippen LogP contribution >= 0.6 is 46.4 Å². The summed E-state index contributed by atoms with van der Waals surface area (Å²) in [6, 6.07) is 8.47. The SMILES string of the molecule is OCc1cc(Cl)ccc1-c1cc(Cl)c(Cl)cc1Cl. The molecule has 0 aliphatic rings. The standard InChI is InChI=1S/C13H8Cl4O/c14-8-1-2-9(7(3-8)6-18)10-4-12(16)13(17)5-11(10)15/h1-5,18H,6H2. The first kappa shape index (κ1) is 14.0. The first-order chi connectivity index (χ1) is 8.52. The quantitative estimate of drug-likeness (QED) is 0.728. The fourth-order valence-corrected chi connectivity index (χ4v) is 2.53. The van der Waals surface area contributed by atoms with Gasteiger partial charge >= 0.3 is 0 Å². The van der Waals surface area contributed by atoms with E-state index in [1.54, 1.807) is 30.3 Å². The number of benzene rings is 2. The normalized spacial score (nSPS) is 10.7. The van der Waals surface area contributed by atoms with Gasteiger partial charge in [0.15, 0.2) is 0 Å². The fourth-order valence-electron chi connectivity index (χ4n) is 1.68. The molecule has 0 heterocycles. The van der Waals surface area contributed by atoms with E-state index in [0.717, 1.165) is 5.56 Å². The summed E-state index contributed by atoms with van der Waals surface area (Å²) < 4.78 is 0. The van der Waals surface area contributed by atoms with Gasteiger partial charge in [-0.15, -0.1) is 0 Å². The molecule has 0 aliphatic carbocycles. The Labute approximate surface area is 125 Å². The molecule has 0 saturated carbocycles. The Hall–Kier alpha value is -0.440. The van der Waals surface area contributed by atoms with Crippen LogP contribution in [0.1, 0.15) is 5.56 Å². The summed E-state index contributed by atoms with van der Waals surface area (Å²) >= 11 is 23.9. The average Bonchev–Trinajstić information content (AvgIpc) is 2.34. The predicted octanol–water partition coefficient (Wildman–Crippen LogP) is 5.46. The molecule has 94 valence electrons. The lowest BCUT2D eigenvalue weighted by Gasteiger charge is -2.11. The van der Waals surface area contributed by atoms with Crippen molar-refractivity contribution < 1.29 is 5.11 Å². The van der Waals surface area contributed by atoms with Crippen LogP contribution in [0.5, 0.6) is 0 Å². The molecule has 1 N–H and O–H groups in total. The lowest BCUT2D eigenvalue weighted by Crippen LogP contribution is -1.90. The van der Waals surface area contributed by atoms with E-state index in [9.17, 15) is 5.11 Å². The van der Waals surface area contributed by atoms with Crippen LogP contribution in [-0.2, 0) is 6.61 Å². The van der Waals surface area contributed by atoms with Crippen LogP contribution in [0.3, 0.4) is 0 Å². The summed E-state index contributed by atoms with van der Waals surface area (Å²) in [5.74, 6) is 0. The number of aliphatic hydroxyl groups excluding tert-OH is 1. The fraction of sp³-hybridized carbons (Fsp3) is 0.0769. The smallest absolute Gasteiger partial charge is 0.0688 e. The molecule has 0 saturated heterocycles. The van der Waals surface area contributed by atoms with Crippen molar-refractivity contribution >= 4 is 46.4 Å². The second-order valence-corrected chi connectivity index (χ2v) is 5.36. The third-order valence-corrected chi connectivity index (χ3v) is 3.81. The van der Waals surface area contributed by atoms with Crippen LogP contribution in [0, 0.1) is 0 Å². The van der Waals surface area contributed by atoms with Gasteiger partial charge in [0.05, 0.1) is 16.7 Å². The van der Waals surface area contributed by atoms with E-state index < -0.39 is 0 Å². The summed E-state index contributed by atoms with van der Waals surface area (Å²) in [4.78, 5) is 0. The van der Waals surface area contributed by atoms with Crippen molar-refractivity contribution in [2.75, 3.05) is 0 Å². The summed E-state index contributed by atoms with van der Waals surface area (Å²) in [6.07, 6.45) is 0. The van der Waals surface area contributed by atoms with Crippen molar-refractivity contribution in [2.45, 2.75) is 6.61 Å². The van der Waals surface area contributed by atoms with E-state index in [4.69, 9.17) is 46.4 Å². The number of rotatable bonds is 2. The lowest BCUT2D eigenvalue weighted by atomic mass is 10.00. The number of hydrogen-bond acceptors (Lipinski definition) is 1. The van der Waals surface area contributed by atoms with Gasteiger partial charge in [-0.1, -0.05) is 52.5 Å². The molecule has 2 rings (SSSR count). The van der Waals surface area contributed by atoms with Crippen LogP contribution in [0.25, 0.3) is 11.1 Å². The third kappa shape index (κ3) is 2.76. The molecule has 0 fully saturated rings. The van der Waals surface area contributed by atoms with E-state index in [1.807, 2.05) is 0 Å². The summed E-state index contributed by atoms with van der Waals surface area (Å²) in [5, 5.41) is 11.2. The van der Waals surface area contributed by atoms with E-state index in [2.05, 4.69) is 0 Å². The van der Waals surface area contributed by atoms with Gasteiger partial charge in [-0.05, 0) is 35.4 Å². The second kappa shape index (κ2) is 5.68. The molecule has 0 amide bonds. The maximum absolute atomic E-state index is 9.36. The molecule has 0 unspecified atom stereocenters. The summed E-state index contributed by atoms with van der Waals surface area (Å²) in [6.45, 7) is -0.132. The molecule has 18 heavy (non-hydrogen) atoms. The van der Waals surface area contributed by atoms with E-state index in [0.29, 0.717) is 31.2 Å². The molecule has 0 aromatic heterocycles. The van der Waals surface area contributed by atoms with Crippen molar-refractivity contribution in [3.8, 4) is 11.1 Å². The summed E-state index contributed by atoms with van der Waals surface area (Å²) in [7, 11) is 0. The van der Waals surface area contributed by atoms with Crippen molar-refractivity contribution in [1.82, 2.24) is 0 Å². The highest BCUT2D eigenvalue weighted by Crippen LogP contribution is 2.37. The third-order valence-electron chi connectivity index (χ3n) is 2.54. The molecule has 0 bridgehead atoms. The van der Waals surface area contributed by atoms with Gasteiger partial charge in [0.25, 0.3) is 0 Å². The topological polar surface area (TPSA) is 20.2 Å². The number of halogens is 4. The first-order valence-corrected chi connectivity index (χ1v) is 6.58. The average molecular weight is 322 g/mol. The van der Waals surface area contributed by atoms with Crippen LogP contribution in [0.4, 0.5) is 0 Å². The zero-order valence-electron chi connectivity index (χ0n) is 9.05. The maximum Gasteiger partial charge on any atom is 0.0688 e. The first-order valence-electron chi connectivity index (χ1n) is 5.07. The van der Waals surface area contributed by atoms with Gasteiger partial charge in [0.2, 0.25) is 0 Å². The van der Waals surface area contributed by atoms with Crippen molar-refractivity contribution in [3.05, 3.63) is 56.0 Å². The van der Waals surface area contributed by atoms with Gasteiger partial charge < -0.3 is 5.11 Å². The molecule has 2 aromatic carbocycles. The lowest BCUT2D eigenvalue weighted by molar-refractivity contribution is 0.282. The van der Waals surface area contributed by atoms with Gasteiger partial charge in [-0.3, -0.25) is 0 Å². The monoisotopic (exact) mass is 320 g/mol. The zero-order chi connectivity index (χ0) is 13.3. The largest absolute Gasteiger partial charge is 0.392 e. The number of hydrogen-bond donors (Lipinski definition) is 1. The van der Waals surface area contributed by atoms with Gasteiger partial charge in [-0.2, -0.15) is 0 Å². The molecular formula is C13H8Cl4O. The van der Waals surface area contributed by atoms with Crippen LogP contribution < -0.4 is 0 Å². The molecule has 0 atom stereocenters. The van der Waals surface area contributed by atoms with Crippen LogP contribution in [0.15, 0.2) is 30.3 Å². The number of aliphatic hydroxyl groups is 1. The highest BCUT2D eigenvalue weighted by molar-refractivity contribution is 6.44. The van der Waals surface area contributed by atoms with E-state index in [1.165, 1.54) is 0 Å². The minimum absolute atomic E-state index is 0.132. The van der Waals surface area contributed by atoms with Crippen molar-refractivity contribution in [2.24, 2.45) is 0 Å². The molecule has 0 aliphatic heterocycles. The maximum atomic E-state index is 9.36. The minimum Gasteiger partial charge on any atom is -0.392 e. The predicted molar refractivity (Wildman–Crippen MR) is 77.8 cm³/mol. The molecule has 5 heteroatoms. The molecule has 0 spiro atoms. The van der Waals surface area contributed by atoms with E-state index >= 15 is 0 Å². The molecule has 1 nitrogen and oxygen atoms in total. The van der Waals surface area contributed by atoms with Gasteiger partial charge in [0, 0.05) is 15.6 Å². The summed E-state index contributed by atoms with van der Waals surface area (Å²) in [5.41, 5.74) is 2.18. The Morgan fingerprint density at radius 1 is 0.778 bits per heavy atom. The Kier molecular flexibility index (Phi) is 4.41. The Morgan fingerprint density at radius 3 is 2.11 bits per heavy atom. The second-order valence-electron chi connectivity index (χ2n) is 3.71. The van der Waals surface area contributed by atoms with E-state index in [-0.39, 0.29) is 6.61 Å². The molecule has 2 aromatic rings.